The molecule has 1 aromatic heterocycles. The van der Waals surface area contributed by atoms with E-state index in [1.165, 1.54) is 71.0 Å². The van der Waals surface area contributed by atoms with Crippen LogP contribution in [0.15, 0.2) is 109 Å². The molecule has 5 heteroatoms. The van der Waals surface area contributed by atoms with Crippen LogP contribution in [0.3, 0.4) is 0 Å². The van der Waals surface area contributed by atoms with Gasteiger partial charge in [-0.05, 0) is 50.5 Å². The average molecular weight is 557 g/mol. The van der Waals surface area contributed by atoms with E-state index in [1.807, 2.05) is 0 Å². The number of rotatable bonds is 0. The fourth-order valence-corrected chi connectivity index (χ4v) is 9.13. The maximum atomic E-state index is 7.13. The molecule has 0 saturated carbocycles. The number of hydrogen-bond acceptors (Lipinski definition) is 2. The van der Waals surface area contributed by atoms with Gasteiger partial charge in [0, 0.05) is 43.8 Å². The van der Waals surface area contributed by atoms with Gasteiger partial charge in [-0.15, -0.1) is 0 Å². The lowest BCUT2D eigenvalue weighted by atomic mass is 9.30. The smallest absolute Gasteiger partial charge is 0.256 e. The Morgan fingerprint density at radius 1 is 0.455 bits per heavy atom. The lowest BCUT2D eigenvalue weighted by molar-refractivity contribution is 0.464. The van der Waals surface area contributed by atoms with Gasteiger partial charge >= 0.3 is 0 Å². The Labute approximate surface area is 253 Å². The zero-order valence-corrected chi connectivity index (χ0v) is 23.8. The summed E-state index contributed by atoms with van der Waals surface area (Å²) in [5, 5.41) is 7.31. The fraction of sp³-hybridized carbons (Fsp3) is 0.0256. The number of para-hydroxylation sites is 2. The van der Waals surface area contributed by atoms with Gasteiger partial charge < -0.3 is 14.0 Å². The lowest BCUT2D eigenvalue weighted by Gasteiger charge is -2.41. The van der Waals surface area contributed by atoms with Crippen molar-refractivity contribution in [3.63, 3.8) is 0 Å². The maximum Gasteiger partial charge on any atom is 0.256 e. The minimum absolute atomic E-state index is 0.0677. The van der Waals surface area contributed by atoms with Gasteiger partial charge in [0.15, 0.2) is 0 Å². The molecule has 7 aromatic carbocycles. The molecule has 44 heavy (non-hydrogen) atoms. The molecule has 3 nitrogen and oxygen atoms in total. The second-order valence-electron chi connectivity index (χ2n) is 12.8. The predicted octanol–water partition coefficient (Wildman–Crippen LogP) is 5.27. The molecule has 0 atom stereocenters. The molecule has 0 unspecified atom stereocenters. The van der Waals surface area contributed by atoms with Crippen LogP contribution in [0, 0.1) is 6.92 Å². The highest BCUT2D eigenvalue weighted by Crippen LogP contribution is 2.46. The Balaban J connectivity index is 1.33. The third-order valence-electron chi connectivity index (χ3n) is 10.8. The normalized spacial score (nSPS) is 14.3. The number of ether oxygens (including phenoxy) is 2. The summed E-state index contributed by atoms with van der Waals surface area (Å²) in [6.07, 6.45) is 0. The maximum absolute atomic E-state index is 7.13. The summed E-state index contributed by atoms with van der Waals surface area (Å²) >= 11 is 0. The first-order valence-corrected chi connectivity index (χ1v) is 15.4. The Morgan fingerprint density at radius 3 is 1.45 bits per heavy atom. The molecule has 0 saturated heterocycles. The van der Waals surface area contributed by atoms with Gasteiger partial charge in [0.1, 0.15) is 23.0 Å². The van der Waals surface area contributed by atoms with Crippen LogP contribution in [-0.2, 0) is 0 Å². The van der Waals surface area contributed by atoms with E-state index in [2.05, 4.69) is 121 Å². The van der Waals surface area contributed by atoms with E-state index in [9.17, 15) is 0 Å². The van der Waals surface area contributed by atoms with Crippen LogP contribution in [0.5, 0.6) is 23.0 Å². The molecule has 0 fully saturated rings. The van der Waals surface area contributed by atoms with E-state index in [0.717, 1.165) is 39.3 Å². The first-order chi connectivity index (χ1) is 21.8. The van der Waals surface area contributed by atoms with Crippen molar-refractivity contribution in [2.45, 2.75) is 6.92 Å². The minimum atomic E-state index is 0.0677. The highest BCUT2D eigenvalue weighted by Gasteiger charge is 2.50. The number of nitrogens with zero attached hydrogens (tertiary/aromatic N) is 1. The zero-order valence-electron chi connectivity index (χ0n) is 23.8. The standard InChI is InChI=1S/C39H21B2NO2/c1-20-36-31-35-32-37(20)44-39-24-11-5-3-9-22(24)17-19-30(39)41(32)28-15-7-13-26-25-12-6-14-27(33(25)42(35)34(26)28)40(31)29-18-16-21-8-2-4-10-23(21)38(29)43-36/h2-19H,1H3. The van der Waals surface area contributed by atoms with E-state index < -0.39 is 0 Å². The Hall–Kier alpha value is -5.41. The fourth-order valence-electron chi connectivity index (χ4n) is 9.13. The second-order valence-corrected chi connectivity index (χ2v) is 12.8. The molecule has 0 amide bonds. The third-order valence-corrected chi connectivity index (χ3v) is 10.8. The highest BCUT2D eigenvalue weighted by atomic mass is 16.5. The van der Waals surface area contributed by atoms with Crippen molar-refractivity contribution in [1.29, 1.82) is 0 Å². The van der Waals surface area contributed by atoms with E-state index in [-0.39, 0.29) is 13.4 Å². The van der Waals surface area contributed by atoms with Crippen LogP contribution in [0.4, 0.5) is 0 Å². The summed E-state index contributed by atoms with van der Waals surface area (Å²) in [6, 6.07) is 40.1. The molecule has 5 heterocycles. The summed E-state index contributed by atoms with van der Waals surface area (Å²) in [6.45, 7) is 2.33. The van der Waals surface area contributed by atoms with Gasteiger partial charge in [-0.1, -0.05) is 109 Å². The average Bonchev–Trinajstić information content (AvgIpc) is 3.42. The van der Waals surface area contributed by atoms with Crippen LogP contribution in [0.25, 0.3) is 49.0 Å². The van der Waals surface area contributed by atoms with Crippen LogP contribution < -0.4 is 42.3 Å². The van der Waals surface area contributed by atoms with Crippen molar-refractivity contribution in [1.82, 2.24) is 4.57 Å². The highest BCUT2D eigenvalue weighted by molar-refractivity contribution is 7.03. The molecular formula is C39H21B2NO2. The molecule has 0 N–H and O–H groups in total. The molecule has 8 aromatic rings. The molecule has 4 aliphatic rings. The van der Waals surface area contributed by atoms with Gasteiger partial charge in [0.05, 0.1) is 0 Å². The zero-order chi connectivity index (χ0) is 28.4. The molecule has 4 aliphatic heterocycles. The van der Waals surface area contributed by atoms with Crippen molar-refractivity contribution in [3.05, 3.63) is 115 Å². The predicted molar refractivity (Wildman–Crippen MR) is 183 cm³/mol. The molecular weight excluding hydrogens is 536 g/mol. The van der Waals surface area contributed by atoms with E-state index in [1.54, 1.807) is 0 Å². The van der Waals surface area contributed by atoms with Gasteiger partial charge in [-0.2, -0.15) is 0 Å². The minimum Gasteiger partial charge on any atom is -0.457 e. The second kappa shape index (κ2) is 7.20. The molecule has 0 bridgehead atoms. The van der Waals surface area contributed by atoms with Crippen LogP contribution in [-0.4, -0.2) is 18.0 Å². The Bertz CT molecular complexity index is 2530. The SMILES string of the molecule is Cc1c2c3c4c5c1Oc1c(ccc6ccccc16)B5c1cccc5c6cccc(c6n-4c15)B3c1ccc3ccccc3c1O2. The van der Waals surface area contributed by atoms with E-state index in [4.69, 9.17) is 9.47 Å². The number of hydrogen-bond donors (Lipinski definition) is 0. The summed E-state index contributed by atoms with van der Waals surface area (Å²) < 4.78 is 16.8. The van der Waals surface area contributed by atoms with Crippen LogP contribution in [0.1, 0.15) is 5.56 Å². The van der Waals surface area contributed by atoms with Crippen molar-refractivity contribution >= 4 is 89.6 Å². The van der Waals surface area contributed by atoms with Crippen LogP contribution in [0.2, 0.25) is 0 Å². The molecule has 0 aliphatic carbocycles. The molecule has 200 valence electrons. The number of fused-ring (bicyclic) bond motifs is 11. The summed E-state index contributed by atoms with van der Waals surface area (Å²) in [4.78, 5) is 0. The van der Waals surface area contributed by atoms with Gasteiger partial charge in [0.2, 0.25) is 0 Å². The van der Waals surface area contributed by atoms with Gasteiger partial charge in [-0.3, -0.25) is 0 Å². The van der Waals surface area contributed by atoms with Crippen molar-refractivity contribution < 1.29 is 9.47 Å². The van der Waals surface area contributed by atoms with E-state index in [0.29, 0.717) is 0 Å². The van der Waals surface area contributed by atoms with Gasteiger partial charge in [-0.25, -0.2) is 0 Å². The molecule has 0 radical (unpaired) electrons. The lowest BCUT2D eigenvalue weighted by Crippen LogP contribution is -2.65. The molecule has 12 rings (SSSR count). The summed E-state index contributed by atoms with van der Waals surface area (Å²) in [7, 11) is 0. The first-order valence-electron chi connectivity index (χ1n) is 15.4. The summed E-state index contributed by atoms with van der Waals surface area (Å²) in [5.41, 5.74) is 12.7. The van der Waals surface area contributed by atoms with Crippen molar-refractivity contribution in [3.8, 4) is 28.7 Å². The summed E-state index contributed by atoms with van der Waals surface area (Å²) in [5.74, 6) is 3.82. The third kappa shape index (κ3) is 2.28. The topological polar surface area (TPSA) is 23.4 Å². The Morgan fingerprint density at radius 2 is 0.932 bits per heavy atom. The van der Waals surface area contributed by atoms with Gasteiger partial charge in [0.25, 0.3) is 13.4 Å². The number of aromatic nitrogens is 1. The quantitative estimate of drug-likeness (QED) is 0.238. The number of benzene rings is 7. The first kappa shape index (κ1) is 22.2. The largest absolute Gasteiger partial charge is 0.457 e. The van der Waals surface area contributed by atoms with Crippen molar-refractivity contribution in [2.24, 2.45) is 0 Å². The van der Waals surface area contributed by atoms with Crippen LogP contribution >= 0.6 is 0 Å². The molecule has 0 spiro atoms. The Kier molecular flexibility index (Phi) is 3.63. The monoisotopic (exact) mass is 557 g/mol. The van der Waals surface area contributed by atoms with E-state index >= 15 is 0 Å². The van der Waals surface area contributed by atoms with Crippen molar-refractivity contribution in [2.75, 3.05) is 0 Å².